The molecule has 0 radical (unpaired) electrons. The van der Waals surface area contributed by atoms with E-state index in [4.69, 9.17) is 4.74 Å². The van der Waals surface area contributed by atoms with Crippen LogP contribution in [0.3, 0.4) is 0 Å². The van der Waals surface area contributed by atoms with Gasteiger partial charge in [-0.05, 0) is 38.1 Å². The molecule has 0 aliphatic carbocycles. The van der Waals surface area contributed by atoms with Gasteiger partial charge in [-0.2, -0.15) is 0 Å². The Morgan fingerprint density at radius 1 is 1.20 bits per heavy atom. The summed E-state index contributed by atoms with van der Waals surface area (Å²) in [5.41, 5.74) is -0.503. The van der Waals surface area contributed by atoms with Crippen molar-refractivity contribution in [2.45, 2.75) is 13.8 Å². The van der Waals surface area contributed by atoms with Crippen molar-refractivity contribution in [3.8, 4) is 0 Å². The fraction of sp³-hybridized carbons (Fsp3) is 0.429. The van der Waals surface area contributed by atoms with E-state index >= 15 is 0 Å². The minimum atomic E-state index is -1.15. The van der Waals surface area contributed by atoms with Gasteiger partial charge >= 0.3 is 0 Å². The SMILES string of the molecule is COCCNC(=O)C(C)(C)C(=O)Nc1ccc(Br)cc1. The number of hydrogen-bond donors (Lipinski definition) is 2. The number of halogens is 1. The van der Waals surface area contributed by atoms with Gasteiger partial charge in [0.1, 0.15) is 5.41 Å². The van der Waals surface area contributed by atoms with Crippen LogP contribution < -0.4 is 10.6 Å². The molecule has 20 heavy (non-hydrogen) atoms. The minimum Gasteiger partial charge on any atom is -0.383 e. The lowest BCUT2D eigenvalue weighted by atomic mass is 9.91. The second-order valence-corrected chi connectivity index (χ2v) is 5.75. The number of rotatable bonds is 6. The Balaban J connectivity index is 2.64. The normalized spacial score (nSPS) is 11.0. The highest BCUT2D eigenvalue weighted by Gasteiger charge is 2.35. The highest BCUT2D eigenvalue weighted by molar-refractivity contribution is 9.10. The van der Waals surface area contributed by atoms with E-state index in [0.717, 1.165) is 4.47 Å². The minimum absolute atomic E-state index is 0.329. The summed E-state index contributed by atoms with van der Waals surface area (Å²) in [5, 5.41) is 5.40. The van der Waals surface area contributed by atoms with Crippen LogP contribution in [0.25, 0.3) is 0 Å². The molecule has 1 rings (SSSR count). The summed E-state index contributed by atoms with van der Waals surface area (Å²) < 4.78 is 5.78. The number of ether oxygens (including phenoxy) is 1. The highest BCUT2D eigenvalue weighted by Crippen LogP contribution is 2.20. The predicted molar refractivity (Wildman–Crippen MR) is 81.4 cm³/mol. The molecule has 0 saturated carbocycles. The standard InChI is InChI=1S/C14H19BrN2O3/c1-14(2,12(18)16-8-9-20-3)13(19)17-11-6-4-10(15)5-7-11/h4-7H,8-9H2,1-3H3,(H,16,18)(H,17,19). The predicted octanol–water partition coefficient (Wildman–Crippen LogP) is 2.18. The lowest BCUT2D eigenvalue weighted by Gasteiger charge is -2.22. The summed E-state index contributed by atoms with van der Waals surface area (Å²) in [7, 11) is 1.55. The van der Waals surface area contributed by atoms with Crippen LogP contribution in [0.2, 0.25) is 0 Å². The molecule has 110 valence electrons. The molecule has 0 aliphatic heterocycles. The van der Waals surface area contributed by atoms with Crippen LogP contribution in [0.1, 0.15) is 13.8 Å². The van der Waals surface area contributed by atoms with Crippen molar-refractivity contribution in [1.82, 2.24) is 5.32 Å². The third-order valence-electron chi connectivity index (χ3n) is 2.83. The number of carbonyl (C=O) groups is 2. The van der Waals surface area contributed by atoms with Gasteiger partial charge in [0.15, 0.2) is 0 Å². The molecular formula is C14H19BrN2O3. The number of anilines is 1. The molecule has 1 aromatic rings. The smallest absolute Gasteiger partial charge is 0.239 e. The summed E-state index contributed by atoms with van der Waals surface area (Å²) in [6.07, 6.45) is 0. The molecule has 0 aromatic heterocycles. The van der Waals surface area contributed by atoms with Gasteiger partial charge in [0.2, 0.25) is 11.8 Å². The third-order valence-corrected chi connectivity index (χ3v) is 3.36. The van der Waals surface area contributed by atoms with E-state index in [9.17, 15) is 9.59 Å². The maximum Gasteiger partial charge on any atom is 0.239 e. The molecular weight excluding hydrogens is 324 g/mol. The number of amides is 2. The topological polar surface area (TPSA) is 67.4 Å². The maximum atomic E-state index is 12.2. The zero-order chi connectivity index (χ0) is 15.2. The van der Waals surface area contributed by atoms with E-state index in [-0.39, 0.29) is 11.8 Å². The second kappa shape index (κ2) is 7.40. The van der Waals surface area contributed by atoms with Crippen molar-refractivity contribution in [2.75, 3.05) is 25.6 Å². The van der Waals surface area contributed by atoms with Gasteiger partial charge in [0.05, 0.1) is 6.61 Å². The summed E-state index contributed by atoms with van der Waals surface area (Å²) in [6.45, 7) is 3.97. The molecule has 1 aromatic carbocycles. The fourth-order valence-corrected chi connectivity index (χ4v) is 1.68. The average molecular weight is 343 g/mol. The van der Waals surface area contributed by atoms with Crippen LogP contribution in [0, 0.1) is 5.41 Å². The van der Waals surface area contributed by atoms with Crippen LogP contribution in [-0.4, -0.2) is 32.1 Å². The molecule has 5 nitrogen and oxygen atoms in total. The number of benzene rings is 1. The highest BCUT2D eigenvalue weighted by atomic mass is 79.9. The van der Waals surface area contributed by atoms with Crippen LogP contribution in [0.15, 0.2) is 28.7 Å². The van der Waals surface area contributed by atoms with Gasteiger partial charge in [-0.25, -0.2) is 0 Å². The quantitative estimate of drug-likeness (QED) is 0.615. The Bertz CT molecular complexity index is 472. The summed E-state index contributed by atoms with van der Waals surface area (Å²) in [4.78, 5) is 24.2. The van der Waals surface area contributed by atoms with E-state index < -0.39 is 5.41 Å². The molecule has 0 unspecified atom stereocenters. The van der Waals surface area contributed by atoms with Crippen LogP contribution >= 0.6 is 15.9 Å². The number of hydrogen-bond acceptors (Lipinski definition) is 3. The summed E-state index contributed by atoms with van der Waals surface area (Å²) >= 11 is 3.32. The fourth-order valence-electron chi connectivity index (χ4n) is 1.41. The van der Waals surface area contributed by atoms with Crippen molar-refractivity contribution in [1.29, 1.82) is 0 Å². The lowest BCUT2D eigenvalue weighted by molar-refractivity contribution is -0.138. The van der Waals surface area contributed by atoms with Gasteiger partial charge in [-0.15, -0.1) is 0 Å². The zero-order valence-electron chi connectivity index (χ0n) is 11.8. The monoisotopic (exact) mass is 342 g/mol. The third kappa shape index (κ3) is 4.61. The molecule has 0 saturated heterocycles. The van der Waals surface area contributed by atoms with Crippen molar-refractivity contribution < 1.29 is 14.3 Å². The van der Waals surface area contributed by atoms with Gasteiger partial charge in [-0.3, -0.25) is 9.59 Å². The number of methoxy groups -OCH3 is 1. The molecule has 0 atom stereocenters. The summed E-state index contributed by atoms with van der Waals surface area (Å²) in [6, 6.07) is 7.17. The lowest BCUT2D eigenvalue weighted by Crippen LogP contribution is -2.45. The molecule has 0 bridgehead atoms. The first-order chi connectivity index (χ1) is 9.37. The van der Waals surface area contributed by atoms with Gasteiger partial charge < -0.3 is 15.4 Å². The van der Waals surface area contributed by atoms with E-state index in [1.54, 1.807) is 33.1 Å². The van der Waals surface area contributed by atoms with Crippen molar-refractivity contribution in [3.05, 3.63) is 28.7 Å². The first-order valence-corrected chi connectivity index (χ1v) is 7.01. The Hall–Kier alpha value is -1.40. The van der Waals surface area contributed by atoms with E-state index in [1.807, 2.05) is 12.1 Å². The average Bonchev–Trinajstić information content (AvgIpc) is 2.41. The Morgan fingerprint density at radius 2 is 1.80 bits per heavy atom. The molecule has 6 heteroatoms. The van der Waals surface area contributed by atoms with Crippen molar-refractivity contribution in [2.24, 2.45) is 5.41 Å². The number of carbonyl (C=O) groups excluding carboxylic acids is 2. The van der Waals surface area contributed by atoms with Crippen molar-refractivity contribution >= 4 is 33.4 Å². The van der Waals surface area contributed by atoms with Gasteiger partial charge in [0, 0.05) is 23.8 Å². The maximum absolute atomic E-state index is 12.2. The van der Waals surface area contributed by atoms with E-state index in [1.165, 1.54) is 0 Å². The largest absolute Gasteiger partial charge is 0.383 e. The molecule has 0 spiro atoms. The van der Waals surface area contributed by atoms with E-state index in [0.29, 0.717) is 18.8 Å². The first kappa shape index (κ1) is 16.7. The van der Waals surface area contributed by atoms with Crippen LogP contribution in [0.5, 0.6) is 0 Å². The van der Waals surface area contributed by atoms with Crippen molar-refractivity contribution in [3.63, 3.8) is 0 Å². The van der Waals surface area contributed by atoms with Crippen LogP contribution in [0.4, 0.5) is 5.69 Å². The Morgan fingerprint density at radius 3 is 2.35 bits per heavy atom. The van der Waals surface area contributed by atoms with Gasteiger partial charge in [0.25, 0.3) is 0 Å². The molecule has 0 aliphatic rings. The molecule has 0 heterocycles. The molecule has 0 fully saturated rings. The molecule has 2 amide bonds. The Kier molecular flexibility index (Phi) is 6.16. The zero-order valence-corrected chi connectivity index (χ0v) is 13.4. The van der Waals surface area contributed by atoms with Gasteiger partial charge in [-0.1, -0.05) is 15.9 Å². The van der Waals surface area contributed by atoms with Crippen LogP contribution in [-0.2, 0) is 14.3 Å². The number of nitrogens with one attached hydrogen (secondary N) is 2. The second-order valence-electron chi connectivity index (χ2n) is 4.83. The molecule has 2 N–H and O–H groups in total. The summed E-state index contributed by atoms with van der Waals surface area (Å²) in [5.74, 6) is -0.682. The van der Waals surface area contributed by atoms with E-state index in [2.05, 4.69) is 26.6 Å². The first-order valence-electron chi connectivity index (χ1n) is 6.22. The Labute approximate surface area is 127 Å².